The highest BCUT2D eigenvalue weighted by Gasteiger charge is 2.16. The molecule has 3 rings (SSSR count). The van der Waals surface area contributed by atoms with E-state index in [0.717, 1.165) is 10.2 Å². The smallest absolute Gasteiger partial charge is 0.261 e. The van der Waals surface area contributed by atoms with Crippen molar-refractivity contribution in [2.24, 2.45) is 0 Å². The Bertz CT molecular complexity index is 907. The highest BCUT2D eigenvalue weighted by Crippen LogP contribution is 2.33. The number of carbonyl (C=O) groups is 1. The second kappa shape index (κ2) is 7.40. The molecule has 0 atom stereocenters. The molecule has 0 aliphatic heterocycles. The summed E-state index contributed by atoms with van der Waals surface area (Å²) in [6.45, 7) is 2.48. The highest BCUT2D eigenvalue weighted by molar-refractivity contribution is 7.22. The lowest BCUT2D eigenvalue weighted by Crippen LogP contribution is -2.13. The van der Waals surface area contributed by atoms with Gasteiger partial charge in [-0.3, -0.25) is 10.1 Å². The van der Waals surface area contributed by atoms with Gasteiger partial charge in [-0.25, -0.2) is 4.98 Å². The van der Waals surface area contributed by atoms with Gasteiger partial charge in [0.25, 0.3) is 5.91 Å². The summed E-state index contributed by atoms with van der Waals surface area (Å²) in [7, 11) is 3.07. The van der Waals surface area contributed by atoms with E-state index in [9.17, 15) is 4.79 Å². The Morgan fingerprint density at radius 2 is 2.00 bits per heavy atom. The van der Waals surface area contributed by atoms with Crippen molar-refractivity contribution in [2.75, 3.05) is 26.1 Å². The molecule has 0 bridgehead atoms. The van der Waals surface area contributed by atoms with Crippen LogP contribution in [0, 0.1) is 0 Å². The van der Waals surface area contributed by atoms with Crippen LogP contribution in [0.25, 0.3) is 10.2 Å². The first-order chi connectivity index (χ1) is 12.2. The molecule has 0 radical (unpaired) electrons. The van der Waals surface area contributed by atoms with E-state index in [2.05, 4.69) is 10.3 Å². The second-order valence-corrected chi connectivity index (χ2v) is 6.11. The normalized spacial score (nSPS) is 10.5. The van der Waals surface area contributed by atoms with E-state index in [1.54, 1.807) is 25.3 Å². The van der Waals surface area contributed by atoms with Crippen molar-refractivity contribution in [3.63, 3.8) is 0 Å². The summed E-state index contributed by atoms with van der Waals surface area (Å²) in [6.07, 6.45) is 0. The number of hydrogen-bond acceptors (Lipinski definition) is 6. The fourth-order valence-corrected chi connectivity index (χ4v) is 3.28. The lowest BCUT2D eigenvalue weighted by Gasteiger charge is -2.09. The monoisotopic (exact) mass is 358 g/mol. The third-order valence-electron chi connectivity index (χ3n) is 3.56. The average Bonchev–Trinajstić information content (AvgIpc) is 3.04. The van der Waals surface area contributed by atoms with Crippen molar-refractivity contribution in [3.8, 4) is 17.2 Å². The molecule has 0 aliphatic carbocycles. The van der Waals surface area contributed by atoms with Crippen LogP contribution in [-0.2, 0) is 0 Å². The van der Waals surface area contributed by atoms with E-state index in [1.807, 2.05) is 25.1 Å². The van der Waals surface area contributed by atoms with Gasteiger partial charge in [0.15, 0.2) is 5.13 Å². The number of aromatic nitrogens is 1. The molecule has 0 unspecified atom stereocenters. The van der Waals surface area contributed by atoms with Crippen LogP contribution >= 0.6 is 11.3 Å². The molecule has 0 fully saturated rings. The van der Waals surface area contributed by atoms with Gasteiger partial charge in [0.05, 0.1) is 31.1 Å². The van der Waals surface area contributed by atoms with Gasteiger partial charge in [0.1, 0.15) is 22.8 Å². The van der Waals surface area contributed by atoms with Crippen LogP contribution in [0.15, 0.2) is 36.4 Å². The van der Waals surface area contributed by atoms with E-state index in [0.29, 0.717) is 34.6 Å². The number of nitrogens with one attached hydrogen (secondary N) is 1. The van der Waals surface area contributed by atoms with E-state index in [4.69, 9.17) is 14.2 Å². The molecule has 25 heavy (non-hydrogen) atoms. The number of rotatable bonds is 6. The third-order valence-corrected chi connectivity index (χ3v) is 4.49. The fraction of sp³-hybridized carbons (Fsp3) is 0.222. The number of anilines is 1. The number of methoxy groups -OCH3 is 2. The van der Waals surface area contributed by atoms with Crippen LogP contribution < -0.4 is 19.5 Å². The summed E-state index contributed by atoms with van der Waals surface area (Å²) in [5.41, 5.74) is 1.15. The van der Waals surface area contributed by atoms with E-state index >= 15 is 0 Å². The van der Waals surface area contributed by atoms with Crippen LogP contribution in [0.5, 0.6) is 17.2 Å². The molecule has 2 aromatic carbocycles. The number of ether oxygens (including phenoxy) is 3. The minimum atomic E-state index is -0.295. The Hall–Kier alpha value is -2.80. The van der Waals surface area contributed by atoms with Crippen LogP contribution in [0.3, 0.4) is 0 Å². The Labute approximate surface area is 149 Å². The summed E-state index contributed by atoms with van der Waals surface area (Å²) >= 11 is 1.39. The summed E-state index contributed by atoms with van der Waals surface area (Å²) in [4.78, 5) is 17.1. The third kappa shape index (κ3) is 3.51. The Morgan fingerprint density at radius 3 is 2.72 bits per heavy atom. The molecule has 0 saturated carbocycles. The maximum absolute atomic E-state index is 12.6. The zero-order chi connectivity index (χ0) is 17.8. The minimum Gasteiger partial charge on any atom is -0.497 e. The first-order valence-electron chi connectivity index (χ1n) is 7.72. The van der Waals surface area contributed by atoms with Crippen LogP contribution in [-0.4, -0.2) is 31.7 Å². The number of para-hydroxylation sites is 1. The maximum Gasteiger partial charge on any atom is 0.261 e. The topological polar surface area (TPSA) is 69.7 Å². The molecule has 130 valence electrons. The average molecular weight is 358 g/mol. The van der Waals surface area contributed by atoms with Gasteiger partial charge < -0.3 is 14.2 Å². The molecule has 1 heterocycles. The predicted molar refractivity (Wildman–Crippen MR) is 98.3 cm³/mol. The summed E-state index contributed by atoms with van der Waals surface area (Å²) in [5.74, 6) is 1.47. The van der Waals surface area contributed by atoms with Crippen LogP contribution in [0.4, 0.5) is 5.13 Å². The van der Waals surface area contributed by atoms with Crippen molar-refractivity contribution in [1.29, 1.82) is 0 Å². The lowest BCUT2D eigenvalue weighted by molar-refractivity contribution is 0.102. The van der Waals surface area contributed by atoms with Crippen molar-refractivity contribution in [1.82, 2.24) is 4.98 Å². The maximum atomic E-state index is 12.6. The Morgan fingerprint density at radius 1 is 1.16 bits per heavy atom. The lowest BCUT2D eigenvalue weighted by atomic mass is 10.2. The molecule has 0 aliphatic rings. The van der Waals surface area contributed by atoms with Gasteiger partial charge in [-0.05, 0) is 31.2 Å². The first-order valence-corrected chi connectivity index (χ1v) is 8.53. The number of carbonyl (C=O) groups excluding carboxylic acids is 1. The summed E-state index contributed by atoms with van der Waals surface area (Å²) < 4.78 is 17.0. The minimum absolute atomic E-state index is 0.295. The SMILES string of the molecule is CCOc1cccc2sc(NC(=O)c3ccc(OC)cc3OC)nc12. The van der Waals surface area contributed by atoms with E-state index in [-0.39, 0.29) is 5.91 Å². The molecule has 1 N–H and O–H groups in total. The molecule has 6 nitrogen and oxygen atoms in total. The molecular formula is C18H18N2O4S. The van der Waals surface area contributed by atoms with E-state index < -0.39 is 0 Å². The first kappa shape index (κ1) is 17.0. The van der Waals surface area contributed by atoms with Gasteiger partial charge >= 0.3 is 0 Å². The van der Waals surface area contributed by atoms with Gasteiger partial charge in [-0.2, -0.15) is 0 Å². The predicted octanol–water partition coefficient (Wildman–Crippen LogP) is 3.96. The van der Waals surface area contributed by atoms with Gasteiger partial charge in [-0.15, -0.1) is 0 Å². The molecule has 7 heteroatoms. The number of nitrogens with zero attached hydrogens (tertiary/aromatic N) is 1. The summed E-state index contributed by atoms with van der Waals surface area (Å²) in [6, 6.07) is 10.8. The Balaban J connectivity index is 1.88. The standard InChI is InChI=1S/C18H18N2O4S/c1-4-24-13-6-5-7-15-16(13)19-18(25-15)20-17(21)12-9-8-11(22-2)10-14(12)23-3/h5-10H,4H2,1-3H3,(H,19,20,21). The molecule has 1 aromatic heterocycles. The number of fused-ring (bicyclic) bond motifs is 1. The zero-order valence-electron chi connectivity index (χ0n) is 14.2. The van der Waals surface area contributed by atoms with Crippen LogP contribution in [0.2, 0.25) is 0 Å². The largest absolute Gasteiger partial charge is 0.497 e. The fourth-order valence-electron chi connectivity index (χ4n) is 2.40. The van der Waals surface area contributed by atoms with Gasteiger partial charge in [0.2, 0.25) is 0 Å². The van der Waals surface area contributed by atoms with E-state index in [1.165, 1.54) is 18.4 Å². The number of benzene rings is 2. The molecular weight excluding hydrogens is 340 g/mol. The number of thiazole rings is 1. The van der Waals surface area contributed by atoms with Crippen molar-refractivity contribution in [2.45, 2.75) is 6.92 Å². The van der Waals surface area contributed by atoms with Gasteiger partial charge in [-0.1, -0.05) is 17.4 Å². The molecule has 0 spiro atoms. The number of amides is 1. The van der Waals surface area contributed by atoms with Crippen LogP contribution in [0.1, 0.15) is 17.3 Å². The quantitative estimate of drug-likeness (QED) is 0.722. The van der Waals surface area contributed by atoms with Crippen molar-refractivity contribution in [3.05, 3.63) is 42.0 Å². The summed E-state index contributed by atoms with van der Waals surface area (Å²) in [5, 5.41) is 3.33. The van der Waals surface area contributed by atoms with Crippen molar-refractivity contribution < 1.29 is 19.0 Å². The highest BCUT2D eigenvalue weighted by atomic mass is 32.1. The van der Waals surface area contributed by atoms with Crippen molar-refractivity contribution >= 4 is 32.6 Å². The number of hydrogen-bond donors (Lipinski definition) is 1. The molecule has 0 saturated heterocycles. The Kier molecular flexibility index (Phi) is 5.04. The molecule has 3 aromatic rings. The zero-order valence-corrected chi connectivity index (χ0v) is 15.0. The second-order valence-electron chi connectivity index (χ2n) is 5.08. The molecule has 1 amide bonds. The van der Waals surface area contributed by atoms with Gasteiger partial charge in [0, 0.05) is 6.07 Å².